The molecule has 0 unspecified atom stereocenters. The summed E-state index contributed by atoms with van der Waals surface area (Å²) < 4.78 is 2.18. The highest BCUT2D eigenvalue weighted by atomic mass is 32.1. The molecule has 4 heterocycles. The number of hydrogen-bond donors (Lipinski definition) is 2. The molecule has 1 saturated heterocycles. The standard InChI is InChI=1S/C30H32N6OS/c1-19-12-13-26(32-18-19)36-21(3)17-23(22(36)4)29-28(25-11-7-8-15-31-25)34-30(38)35(29)16-14-27(37)33-24-10-6-5-9-20(24)2/h5-13,15,17-18,28-29H,14,16H2,1-4H3,(H,33,37)(H,34,38)/t28-,29+/m1/s1. The zero-order valence-electron chi connectivity index (χ0n) is 22.1. The number of aryl methyl sites for hydroxylation is 3. The molecule has 0 bridgehead atoms. The third kappa shape index (κ3) is 5.04. The number of pyridine rings is 2. The Morgan fingerprint density at radius 1 is 1.03 bits per heavy atom. The first kappa shape index (κ1) is 25.6. The van der Waals surface area contributed by atoms with Gasteiger partial charge in [-0.05, 0) is 86.9 Å². The molecule has 4 aromatic rings. The predicted molar refractivity (Wildman–Crippen MR) is 154 cm³/mol. The number of nitrogens with zero attached hydrogens (tertiary/aromatic N) is 4. The van der Waals surface area contributed by atoms with Crippen molar-refractivity contribution >= 4 is 28.9 Å². The number of carbonyl (C=O) groups is 1. The van der Waals surface area contributed by atoms with Gasteiger partial charge in [-0.25, -0.2) is 4.98 Å². The van der Waals surface area contributed by atoms with Crippen LogP contribution in [0.3, 0.4) is 0 Å². The van der Waals surface area contributed by atoms with Gasteiger partial charge in [0.25, 0.3) is 0 Å². The van der Waals surface area contributed by atoms with E-state index in [0.29, 0.717) is 18.1 Å². The first-order chi connectivity index (χ1) is 18.3. The van der Waals surface area contributed by atoms with Crippen molar-refractivity contribution in [2.24, 2.45) is 0 Å². The van der Waals surface area contributed by atoms with Crippen molar-refractivity contribution in [1.29, 1.82) is 0 Å². The van der Waals surface area contributed by atoms with Crippen molar-refractivity contribution in [3.8, 4) is 5.82 Å². The van der Waals surface area contributed by atoms with Gasteiger partial charge in [-0.3, -0.25) is 9.78 Å². The Hall–Kier alpha value is -4.04. The molecule has 1 aliphatic heterocycles. The second-order valence-electron chi connectivity index (χ2n) is 9.79. The lowest BCUT2D eigenvalue weighted by atomic mass is 9.96. The van der Waals surface area contributed by atoms with Crippen LogP contribution >= 0.6 is 12.2 Å². The third-order valence-electron chi connectivity index (χ3n) is 7.11. The molecule has 1 aromatic carbocycles. The van der Waals surface area contributed by atoms with Crippen LogP contribution in [0.2, 0.25) is 0 Å². The molecular weight excluding hydrogens is 492 g/mol. The molecule has 38 heavy (non-hydrogen) atoms. The third-order valence-corrected chi connectivity index (χ3v) is 7.46. The van der Waals surface area contributed by atoms with Gasteiger partial charge in [0.1, 0.15) is 5.82 Å². The Morgan fingerprint density at radius 3 is 2.53 bits per heavy atom. The van der Waals surface area contributed by atoms with Crippen LogP contribution in [0.1, 0.15) is 52.3 Å². The number of amides is 1. The van der Waals surface area contributed by atoms with E-state index in [1.165, 1.54) is 0 Å². The molecule has 0 spiro atoms. The van der Waals surface area contributed by atoms with Gasteiger partial charge in [0.05, 0.1) is 17.8 Å². The first-order valence-electron chi connectivity index (χ1n) is 12.8. The van der Waals surface area contributed by atoms with Gasteiger partial charge < -0.3 is 20.1 Å². The summed E-state index contributed by atoms with van der Waals surface area (Å²) in [6.45, 7) is 8.71. The summed E-state index contributed by atoms with van der Waals surface area (Å²) in [4.78, 5) is 24.4. The van der Waals surface area contributed by atoms with Gasteiger partial charge in [0.15, 0.2) is 5.11 Å². The molecule has 2 atom stereocenters. The summed E-state index contributed by atoms with van der Waals surface area (Å²) in [5.41, 5.74) is 7.19. The average Bonchev–Trinajstić information content (AvgIpc) is 3.39. The average molecular weight is 525 g/mol. The SMILES string of the molecule is Cc1ccc(-n2c(C)cc([C@H]3[C@@H](c4ccccn4)NC(=S)N3CCC(=O)Nc3ccccc3C)c2C)nc1. The molecule has 0 saturated carbocycles. The molecule has 3 aromatic heterocycles. The minimum absolute atomic E-state index is 0.0449. The topological polar surface area (TPSA) is 75.1 Å². The fourth-order valence-electron chi connectivity index (χ4n) is 5.16. The van der Waals surface area contributed by atoms with E-state index >= 15 is 0 Å². The Balaban J connectivity index is 1.47. The quantitative estimate of drug-likeness (QED) is 0.311. The van der Waals surface area contributed by atoms with Gasteiger partial charge >= 0.3 is 0 Å². The van der Waals surface area contributed by atoms with E-state index in [0.717, 1.165) is 45.3 Å². The van der Waals surface area contributed by atoms with Crippen LogP contribution in [-0.4, -0.2) is 37.0 Å². The first-order valence-corrected chi connectivity index (χ1v) is 13.2. The van der Waals surface area contributed by atoms with Crippen molar-refractivity contribution < 1.29 is 4.79 Å². The minimum Gasteiger partial charge on any atom is -0.352 e. The largest absolute Gasteiger partial charge is 0.352 e. The normalized spacial score (nSPS) is 16.9. The van der Waals surface area contributed by atoms with Crippen LogP contribution < -0.4 is 10.6 Å². The minimum atomic E-state index is -0.150. The second kappa shape index (κ2) is 10.8. The molecular formula is C30H32N6OS. The lowest BCUT2D eigenvalue weighted by molar-refractivity contribution is -0.116. The molecule has 5 rings (SSSR count). The number of hydrogen-bond acceptors (Lipinski definition) is 4. The van der Waals surface area contributed by atoms with Crippen LogP contribution in [0.25, 0.3) is 5.82 Å². The number of aromatic nitrogens is 3. The van der Waals surface area contributed by atoms with Crippen LogP contribution in [0.5, 0.6) is 0 Å². The molecule has 194 valence electrons. The predicted octanol–water partition coefficient (Wildman–Crippen LogP) is 5.50. The Kier molecular flexibility index (Phi) is 7.24. The molecule has 0 aliphatic carbocycles. The highest BCUT2D eigenvalue weighted by molar-refractivity contribution is 7.80. The van der Waals surface area contributed by atoms with Gasteiger partial charge in [-0.1, -0.05) is 30.3 Å². The summed E-state index contributed by atoms with van der Waals surface area (Å²) in [6, 6.07) is 19.7. The fraction of sp³-hybridized carbons (Fsp3) is 0.267. The number of para-hydroxylation sites is 1. The highest BCUT2D eigenvalue weighted by Crippen LogP contribution is 2.41. The van der Waals surface area contributed by atoms with Crippen LogP contribution in [0, 0.1) is 27.7 Å². The van der Waals surface area contributed by atoms with Crippen molar-refractivity contribution in [1.82, 2.24) is 24.8 Å². The Morgan fingerprint density at radius 2 is 1.82 bits per heavy atom. The summed E-state index contributed by atoms with van der Waals surface area (Å²) in [5.74, 6) is 0.834. The molecule has 1 amide bonds. The molecule has 1 aliphatic rings. The van der Waals surface area contributed by atoms with E-state index < -0.39 is 0 Å². The van der Waals surface area contributed by atoms with Gasteiger partial charge in [-0.15, -0.1) is 0 Å². The zero-order chi connectivity index (χ0) is 26.8. The number of carbonyl (C=O) groups excluding carboxylic acids is 1. The lowest BCUT2D eigenvalue weighted by Crippen LogP contribution is -2.33. The molecule has 1 fully saturated rings. The maximum Gasteiger partial charge on any atom is 0.226 e. The van der Waals surface area contributed by atoms with Gasteiger partial charge in [-0.2, -0.15) is 0 Å². The molecule has 8 heteroatoms. The molecule has 0 radical (unpaired) electrons. The number of anilines is 1. The summed E-state index contributed by atoms with van der Waals surface area (Å²) >= 11 is 5.82. The van der Waals surface area contributed by atoms with Crippen LogP contribution in [0.4, 0.5) is 5.69 Å². The second-order valence-corrected chi connectivity index (χ2v) is 10.2. The smallest absolute Gasteiger partial charge is 0.226 e. The number of nitrogens with one attached hydrogen (secondary N) is 2. The Labute approximate surface area is 228 Å². The van der Waals surface area contributed by atoms with Gasteiger partial charge in [0.2, 0.25) is 5.91 Å². The number of thiocarbonyl (C=S) groups is 1. The van der Waals surface area contributed by atoms with Crippen LogP contribution in [0.15, 0.2) is 73.1 Å². The summed E-state index contributed by atoms with van der Waals surface area (Å²) in [6.07, 6.45) is 3.99. The van der Waals surface area contributed by atoms with E-state index in [1.807, 2.05) is 68.6 Å². The zero-order valence-corrected chi connectivity index (χ0v) is 22.9. The molecule has 7 nitrogen and oxygen atoms in total. The van der Waals surface area contributed by atoms with Gasteiger partial charge in [0, 0.05) is 42.4 Å². The number of benzene rings is 1. The van der Waals surface area contributed by atoms with Crippen LogP contribution in [-0.2, 0) is 4.79 Å². The van der Waals surface area contributed by atoms with Crippen molar-refractivity contribution in [3.63, 3.8) is 0 Å². The number of rotatable bonds is 7. The van der Waals surface area contributed by atoms with Crippen molar-refractivity contribution in [3.05, 3.63) is 107 Å². The highest BCUT2D eigenvalue weighted by Gasteiger charge is 2.41. The van der Waals surface area contributed by atoms with E-state index in [2.05, 4.69) is 56.0 Å². The fourth-order valence-corrected chi connectivity index (χ4v) is 5.50. The summed E-state index contributed by atoms with van der Waals surface area (Å²) in [7, 11) is 0. The maximum absolute atomic E-state index is 12.9. The van der Waals surface area contributed by atoms with Crippen molar-refractivity contribution in [2.45, 2.75) is 46.2 Å². The van der Waals surface area contributed by atoms with E-state index in [4.69, 9.17) is 12.2 Å². The van der Waals surface area contributed by atoms with E-state index in [1.54, 1.807) is 6.20 Å². The van der Waals surface area contributed by atoms with E-state index in [9.17, 15) is 4.79 Å². The van der Waals surface area contributed by atoms with Crippen molar-refractivity contribution in [2.75, 3.05) is 11.9 Å². The molecule has 2 N–H and O–H groups in total. The Bertz CT molecular complexity index is 1460. The monoisotopic (exact) mass is 524 g/mol. The summed E-state index contributed by atoms with van der Waals surface area (Å²) in [5, 5.41) is 7.15. The maximum atomic E-state index is 12.9. The van der Waals surface area contributed by atoms with E-state index in [-0.39, 0.29) is 18.0 Å². The lowest BCUT2D eigenvalue weighted by Gasteiger charge is -2.28.